The van der Waals surface area contributed by atoms with Crippen molar-refractivity contribution in [3.63, 3.8) is 0 Å². The highest BCUT2D eigenvalue weighted by Gasteiger charge is 2.26. The number of nitrogens with zero attached hydrogens (tertiary/aromatic N) is 1. The van der Waals surface area contributed by atoms with Crippen molar-refractivity contribution in [2.75, 3.05) is 19.8 Å². The summed E-state index contributed by atoms with van der Waals surface area (Å²) in [6.07, 6.45) is 3.43. The Morgan fingerprint density at radius 2 is 2.11 bits per heavy atom. The van der Waals surface area contributed by atoms with Crippen molar-refractivity contribution in [2.24, 2.45) is 0 Å². The molecule has 0 spiro atoms. The molecule has 0 bridgehead atoms. The molecule has 2 aromatic carbocycles. The topological polar surface area (TPSA) is 77.4 Å². The lowest BCUT2D eigenvalue weighted by atomic mass is 9.90. The Hall–Kier alpha value is -2.99. The van der Waals surface area contributed by atoms with Gasteiger partial charge < -0.3 is 14.5 Å². The van der Waals surface area contributed by atoms with Crippen LogP contribution < -0.4 is 9.47 Å². The summed E-state index contributed by atoms with van der Waals surface area (Å²) < 4.78 is 11.3. The number of H-pyrrole nitrogens is 1. The summed E-state index contributed by atoms with van der Waals surface area (Å²) in [4.78, 5) is 14.3. The van der Waals surface area contributed by atoms with E-state index in [1.807, 2.05) is 37.4 Å². The van der Waals surface area contributed by atoms with Gasteiger partial charge in [-0.25, -0.2) is 0 Å². The van der Waals surface area contributed by atoms with Crippen LogP contribution in [0.2, 0.25) is 5.02 Å². The third-order valence-corrected chi connectivity index (χ3v) is 4.69. The van der Waals surface area contributed by atoms with E-state index in [1.54, 1.807) is 18.2 Å². The molecule has 146 valence electrons. The van der Waals surface area contributed by atoms with E-state index < -0.39 is 5.92 Å². The number of hydrogen-bond donors (Lipinski definition) is 1. The molecular weight excluding hydrogens is 380 g/mol. The zero-order chi connectivity index (χ0) is 20.1. The Labute approximate surface area is 167 Å². The van der Waals surface area contributed by atoms with Crippen molar-refractivity contribution in [3.8, 4) is 11.5 Å². The van der Waals surface area contributed by atoms with Gasteiger partial charge in [-0.1, -0.05) is 42.5 Å². The fourth-order valence-corrected chi connectivity index (χ4v) is 3.52. The van der Waals surface area contributed by atoms with Crippen LogP contribution in [0.5, 0.6) is 11.5 Å². The molecule has 7 heteroatoms. The first-order valence-electron chi connectivity index (χ1n) is 8.92. The van der Waals surface area contributed by atoms with Crippen molar-refractivity contribution in [2.45, 2.75) is 12.8 Å². The van der Waals surface area contributed by atoms with Gasteiger partial charge >= 0.3 is 0 Å². The number of nitro groups is 1. The number of para-hydroxylation sites is 1. The molecule has 0 aliphatic carbocycles. The van der Waals surface area contributed by atoms with Gasteiger partial charge in [-0.05, 0) is 36.2 Å². The molecule has 0 aliphatic rings. The zero-order valence-corrected chi connectivity index (χ0v) is 16.2. The standard InChI is InChI=1S/C21H21ClN2O4/c1-3-9-28-21-18(22)10-14(11-20(21)27-4-2)17(13-24(25)26)16-12-23-19-8-6-5-7-15(16)19/h3,5-8,10-12,17,23H,1,4,9,13H2,2H3/t17-/m1/s1. The second kappa shape index (κ2) is 8.80. The van der Waals surface area contributed by atoms with Gasteiger partial charge in [-0.3, -0.25) is 10.1 Å². The van der Waals surface area contributed by atoms with Crippen LogP contribution in [0.3, 0.4) is 0 Å². The van der Waals surface area contributed by atoms with Crippen LogP contribution in [0, 0.1) is 10.1 Å². The molecule has 28 heavy (non-hydrogen) atoms. The third-order valence-electron chi connectivity index (χ3n) is 4.41. The van der Waals surface area contributed by atoms with Crippen molar-refractivity contribution < 1.29 is 14.4 Å². The number of nitrogens with one attached hydrogen (secondary N) is 1. The van der Waals surface area contributed by atoms with Crippen LogP contribution in [0.15, 0.2) is 55.3 Å². The summed E-state index contributed by atoms with van der Waals surface area (Å²) in [5.74, 6) is 0.377. The highest BCUT2D eigenvalue weighted by Crippen LogP contribution is 2.41. The Bertz CT molecular complexity index is 999. The number of aromatic amines is 1. The predicted octanol–water partition coefficient (Wildman–Crippen LogP) is 5.19. The minimum Gasteiger partial charge on any atom is -0.490 e. The lowest BCUT2D eigenvalue weighted by Gasteiger charge is -2.18. The number of aromatic nitrogens is 1. The quantitative estimate of drug-likeness (QED) is 0.304. The molecular formula is C21H21ClN2O4. The van der Waals surface area contributed by atoms with Gasteiger partial charge in [-0.15, -0.1) is 0 Å². The summed E-state index contributed by atoms with van der Waals surface area (Å²) in [6, 6.07) is 11.2. The third kappa shape index (κ3) is 4.12. The summed E-state index contributed by atoms with van der Waals surface area (Å²) >= 11 is 6.45. The van der Waals surface area contributed by atoms with Crippen LogP contribution in [0.1, 0.15) is 24.0 Å². The largest absolute Gasteiger partial charge is 0.490 e. The average molecular weight is 401 g/mol. The maximum atomic E-state index is 11.4. The van der Waals surface area contributed by atoms with Crippen LogP contribution in [-0.2, 0) is 0 Å². The molecule has 3 rings (SSSR count). The van der Waals surface area contributed by atoms with Gasteiger partial charge in [0.2, 0.25) is 6.54 Å². The lowest BCUT2D eigenvalue weighted by Crippen LogP contribution is -2.14. The fraction of sp³-hybridized carbons (Fsp3) is 0.238. The first kappa shape index (κ1) is 19.8. The summed E-state index contributed by atoms with van der Waals surface area (Å²) in [6.45, 7) is 5.91. The molecule has 0 aliphatic heterocycles. The number of benzene rings is 2. The van der Waals surface area contributed by atoms with E-state index in [0.717, 1.165) is 16.5 Å². The molecule has 0 unspecified atom stereocenters. The minimum atomic E-state index is -0.490. The zero-order valence-electron chi connectivity index (χ0n) is 15.5. The molecule has 0 saturated carbocycles. The number of ether oxygens (including phenoxy) is 2. The van der Waals surface area contributed by atoms with Crippen LogP contribution >= 0.6 is 11.6 Å². The summed E-state index contributed by atoms with van der Waals surface area (Å²) in [5, 5.41) is 12.7. The number of halogens is 1. The average Bonchev–Trinajstić information content (AvgIpc) is 3.09. The summed E-state index contributed by atoms with van der Waals surface area (Å²) in [5.41, 5.74) is 2.46. The number of fused-ring (bicyclic) bond motifs is 1. The molecule has 1 N–H and O–H groups in total. The first-order chi connectivity index (χ1) is 13.5. The molecule has 0 radical (unpaired) electrons. The molecule has 1 atom stereocenters. The second-order valence-electron chi connectivity index (χ2n) is 6.22. The SMILES string of the molecule is C=CCOc1c(Cl)cc([C@@H](C[N+](=O)[O-])c2c[nH]c3ccccc23)cc1OCC. The molecule has 1 aromatic heterocycles. The van der Waals surface area contributed by atoms with Gasteiger partial charge in [0, 0.05) is 22.0 Å². The van der Waals surface area contributed by atoms with Crippen LogP contribution in [-0.4, -0.2) is 29.7 Å². The Balaban J connectivity index is 2.12. The number of hydrogen-bond acceptors (Lipinski definition) is 4. The van der Waals surface area contributed by atoms with E-state index in [2.05, 4.69) is 11.6 Å². The van der Waals surface area contributed by atoms with E-state index >= 15 is 0 Å². The normalized spacial score (nSPS) is 11.9. The smallest absolute Gasteiger partial charge is 0.214 e. The van der Waals surface area contributed by atoms with E-state index in [1.165, 1.54) is 0 Å². The van der Waals surface area contributed by atoms with E-state index in [4.69, 9.17) is 21.1 Å². The Morgan fingerprint density at radius 1 is 1.32 bits per heavy atom. The van der Waals surface area contributed by atoms with Crippen molar-refractivity contribution >= 4 is 22.5 Å². The molecule has 0 amide bonds. The van der Waals surface area contributed by atoms with E-state index in [-0.39, 0.29) is 18.1 Å². The van der Waals surface area contributed by atoms with Gasteiger partial charge in [0.05, 0.1) is 17.5 Å². The monoisotopic (exact) mass is 400 g/mol. The van der Waals surface area contributed by atoms with Gasteiger partial charge in [0.25, 0.3) is 0 Å². The Morgan fingerprint density at radius 3 is 2.82 bits per heavy atom. The fourth-order valence-electron chi connectivity index (χ4n) is 3.25. The summed E-state index contributed by atoms with van der Waals surface area (Å²) in [7, 11) is 0. The van der Waals surface area contributed by atoms with Gasteiger partial charge in [0.15, 0.2) is 11.5 Å². The lowest BCUT2D eigenvalue weighted by molar-refractivity contribution is -0.481. The molecule has 1 heterocycles. The maximum absolute atomic E-state index is 11.4. The van der Waals surface area contributed by atoms with Crippen molar-refractivity contribution in [1.82, 2.24) is 4.98 Å². The van der Waals surface area contributed by atoms with Crippen LogP contribution in [0.4, 0.5) is 0 Å². The highest BCUT2D eigenvalue weighted by molar-refractivity contribution is 6.32. The maximum Gasteiger partial charge on any atom is 0.214 e. The van der Waals surface area contributed by atoms with Crippen molar-refractivity contribution in [1.29, 1.82) is 0 Å². The minimum absolute atomic E-state index is 0.267. The molecule has 0 saturated heterocycles. The van der Waals surface area contributed by atoms with Gasteiger partial charge in [-0.2, -0.15) is 0 Å². The molecule has 3 aromatic rings. The van der Waals surface area contributed by atoms with E-state index in [9.17, 15) is 10.1 Å². The van der Waals surface area contributed by atoms with Gasteiger partial charge in [0.1, 0.15) is 6.61 Å². The second-order valence-corrected chi connectivity index (χ2v) is 6.63. The van der Waals surface area contributed by atoms with E-state index in [0.29, 0.717) is 28.7 Å². The van der Waals surface area contributed by atoms with Crippen molar-refractivity contribution in [3.05, 3.63) is 81.5 Å². The highest BCUT2D eigenvalue weighted by atomic mass is 35.5. The molecule has 0 fully saturated rings. The van der Waals surface area contributed by atoms with Crippen LogP contribution in [0.25, 0.3) is 10.9 Å². The predicted molar refractivity (Wildman–Crippen MR) is 110 cm³/mol. The number of rotatable bonds is 9. The first-order valence-corrected chi connectivity index (χ1v) is 9.30. The molecule has 6 nitrogen and oxygen atoms in total. The Kier molecular flexibility index (Phi) is 6.21.